The fourth-order valence-electron chi connectivity index (χ4n) is 2.58. The molecule has 0 radical (unpaired) electrons. The molecule has 98 valence electrons. The van der Waals surface area contributed by atoms with Gasteiger partial charge in [0.05, 0.1) is 5.56 Å². The van der Waals surface area contributed by atoms with E-state index in [1.807, 2.05) is 25.2 Å². The number of carbonyl (C=O) groups excluding carboxylic acids is 1. The van der Waals surface area contributed by atoms with Crippen molar-refractivity contribution in [2.24, 2.45) is 11.7 Å². The molecule has 0 bridgehead atoms. The van der Waals surface area contributed by atoms with Gasteiger partial charge in [-0.3, -0.25) is 4.79 Å². The summed E-state index contributed by atoms with van der Waals surface area (Å²) in [5.41, 5.74) is 6.93. The van der Waals surface area contributed by atoms with E-state index >= 15 is 0 Å². The van der Waals surface area contributed by atoms with Gasteiger partial charge in [-0.15, -0.1) is 0 Å². The number of hydrogen-bond acceptors (Lipinski definition) is 3. The number of nitrogens with one attached hydrogen (secondary N) is 1. The molecule has 0 aromatic heterocycles. The van der Waals surface area contributed by atoms with Gasteiger partial charge in [0.15, 0.2) is 0 Å². The SMILES string of the molecule is CN(CC1CCCNC1)c1ccccc1C(N)=O. The Morgan fingerprint density at radius 3 is 2.94 bits per heavy atom. The zero-order chi connectivity index (χ0) is 13.0. The summed E-state index contributed by atoms with van der Waals surface area (Å²) < 4.78 is 0. The van der Waals surface area contributed by atoms with Crippen molar-refractivity contribution >= 4 is 11.6 Å². The summed E-state index contributed by atoms with van der Waals surface area (Å²) in [4.78, 5) is 13.5. The molecule has 4 heteroatoms. The number of primary amides is 1. The second-order valence-corrected chi connectivity index (χ2v) is 4.97. The number of hydrogen-bond donors (Lipinski definition) is 2. The maximum atomic E-state index is 11.4. The normalized spacial score (nSPS) is 19.5. The zero-order valence-electron chi connectivity index (χ0n) is 10.9. The number of rotatable bonds is 4. The number of nitrogens with two attached hydrogens (primary N) is 1. The first-order chi connectivity index (χ1) is 8.68. The quantitative estimate of drug-likeness (QED) is 0.841. The highest BCUT2D eigenvalue weighted by atomic mass is 16.1. The zero-order valence-corrected chi connectivity index (χ0v) is 10.9. The molecule has 3 N–H and O–H groups in total. The summed E-state index contributed by atoms with van der Waals surface area (Å²) >= 11 is 0. The average molecular weight is 247 g/mol. The Kier molecular flexibility index (Phi) is 4.20. The monoisotopic (exact) mass is 247 g/mol. The number of piperidine rings is 1. The molecule has 4 nitrogen and oxygen atoms in total. The highest BCUT2D eigenvalue weighted by Gasteiger charge is 2.17. The summed E-state index contributed by atoms with van der Waals surface area (Å²) in [6.45, 7) is 3.14. The largest absolute Gasteiger partial charge is 0.374 e. The minimum absolute atomic E-state index is 0.362. The summed E-state index contributed by atoms with van der Waals surface area (Å²) in [5.74, 6) is 0.281. The lowest BCUT2D eigenvalue weighted by Gasteiger charge is -2.29. The third-order valence-corrected chi connectivity index (χ3v) is 3.51. The van der Waals surface area contributed by atoms with Gasteiger partial charge in [-0.25, -0.2) is 0 Å². The highest BCUT2D eigenvalue weighted by Crippen LogP contribution is 2.21. The van der Waals surface area contributed by atoms with Crippen LogP contribution in [0.3, 0.4) is 0 Å². The van der Waals surface area contributed by atoms with Crippen molar-refractivity contribution in [3.05, 3.63) is 29.8 Å². The molecule has 1 amide bonds. The molecule has 0 aliphatic carbocycles. The van der Waals surface area contributed by atoms with E-state index < -0.39 is 0 Å². The Morgan fingerprint density at radius 1 is 1.50 bits per heavy atom. The van der Waals surface area contributed by atoms with E-state index in [0.717, 1.165) is 25.3 Å². The third-order valence-electron chi connectivity index (χ3n) is 3.51. The smallest absolute Gasteiger partial charge is 0.250 e. The van der Waals surface area contributed by atoms with E-state index in [9.17, 15) is 4.79 Å². The van der Waals surface area contributed by atoms with Crippen LogP contribution in [-0.4, -0.2) is 32.6 Å². The standard InChI is InChI=1S/C14H21N3O/c1-17(10-11-5-4-8-16-9-11)13-7-3-2-6-12(13)14(15)18/h2-3,6-7,11,16H,4-5,8-10H2,1H3,(H2,15,18). The number of nitrogens with zero attached hydrogens (tertiary/aromatic N) is 1. The van der Waals surface area contributed by atoms with Gasteiger partial charge in [-0.1, -0.05) is 12.1 Å². The lowest BCUT2D eigenvalue weighted by molar-refractivity contribution is 0.100. The van der Waals surface area contributed by atoms with Crippen LogP contribution in [0.4, 0.5) is 5.69 Å². The van der Waals surface area contributed by atoms with Crippen molar-refractivity contribution < 1.29 is 4.79 Å². The van der Waals surface area contributed by atoms with E-state index in [1.165, 1.54) is 12.8 Å². The Hall–Kier alpha value is -1.55. The van der Waals surface area contributed by atoms with Gasteiger partial charge in [-0.2, -0.15) is 0 Å². The van der Waals surface area contributed by atoms with Crippen LogP contribution < -0.4 is 16.0 Å². The molecule has 1 atom stereocenters. The predicted molar refractivity (Wildman–Crippen MR) is 73.8 cm³/mol. The number of amides is 1. The lowest BCUT2D eigenvalue weighted by Crippen LogP contribution is -2.37. The van der Waals surface area contributed by atoms with Gasteiger partial charge in [0.2, 0.25) is 0 Å². The van der Waals surface area contributed by atoms with E-state index in [2.05, 4.69) is 10.2 Å². The maximum Gasteiger partial charge on any atom is 0.250 e. The number of carbonyl (C=O) groups is 1. The van der Waals surface area contributed by atoms with Gasteiger partial charge in [0, 0.05) is 19.3 Å². The van der Waals surface area contributed by atoms with E-state index in [1.54, 1.807) is 6.07 Å². The Bertz CT molecular complexity index is 413. The molecule has 1 aliphatic heterocycles. The molecule has 0 saturated carbocycles. The van der Waals surface area contributed by atoms with Crippen molar-refractivity contribution in [2.45, 2.75) is 12.8 Å². The van der Waals surface area contributed by atoms with E-state index in [4.69, 9.17) is 5.73 Å². The van der Waals surface area contributed by atoms with Crippen LogP contribution in [0.25, 0.3) is 0 Å². The topological polar surface area (TPSA) is 58.4 Å². The van der Waals surface area contributed by atoms with Crippen LogP contribution in [0.15, 0.2) is 24.3 Å². The predicted octanol–water partition coefficient (Wildman–Crippen LogP) is 1.22. The molecular formula is C14H21N3O. The first kappa shape index (κ1) is 12.9. The van der Waals surface area contributed by atoms with Crippen molar-refractivity contribution in [2.75, 3.05) is 31.6 Å². The summed E-state index contributed by atoms with van der Waals surface area (Å²) in [6.07, 6.45) is 2.48. The summed E-state index contributed by atoms with van der Waals surface area (Å²) in [6, 6.07) is 7.53. The van der Waals surface area contributed by atoms with Crippen LogP contribution in [-0.2, 0) is 0 Å². The minimum atomic E-state index is -0.362. The molecule has 1 aromatic carbocycles. The Morgan fingerprint density at radius 2 is 2.28 bits per heavy atom. The molecular weight excluding hydrogens is 226 g/mol. The van der Waals surface area contributed by atoms with Crippen LogP contribution in [0.2, 0.25) is 0 Å². The second-order valence-electron chi connectivity index (χ2n) is 4.97. The number of benzene rings is 1. The molecule has 1 heterocycles. The van der Waals surface area contributed by atoms with Crippen LogP contribution in [0.1, 0.15) is 23.2 Å². The molecule has 1 fully saturated rings. The molecule has 1 saturated heterocycles. The van der Waals surface area contributed by atoms with Crippen LogP contribution in [0.5, 0.6) is 0 Å². The van der Waals surface area contributed by atoms with Crippen LogP contribution >= 0.6 is 0 Å². The van der Waals surface area contributed by atoms with Crippen molar-refractivity contribution in [3.63, 3.8) is 0 Å². The first-order valence-corrected chi connectivity index (χ1v) is 6.49. The van der Waals surface area contributed by atoms with Gasteiger partial charge >= 0.3 is 0 Å². The summed E-state index contributed by atoms with van der Waals surface area (Å²) in [5, 5.41) is 3.41. The van der Waals surface area contributed by atoms with Gasteiger partial charge in [-0.05, 0) is 44.0 Å². The average Bonchev–Trinajstić information content (AvgIpc) is 2.40. The lowest BCUT2D eigenvalue weighted by atomic mass is 9.98. The fraction of sp³-hybridized carbons (Fsp3) is 0.500. The van der Waals surface area contributed by atoms with Crippen LogP contribution in [0, 0.1) is 5.92 Å². The Balaban J connectivity index is 2.08. The fourth-order valence-corrected chi connectivity index (χ4v) is 2.58. The number of para-hydroxylation sites is 1. The van der Waals surface area contributed by atoms with Crippen molar-refractivity contribution in [1.82, 2.24) is 5.32 Å². The van der Waals surface area contributed by atoms with Gasteiger partial charge < -0.3 is 16.0 Å². The second kappa shape index (κ2) is 5.87. The van der Waals surface area contributed by atoms with Gasteiger partial charge in [0.25, 0.3) is 5.91 Å². The molecule has 1 aromatic rings. The highest BCUT2D eigenvalue weighted by molar-refractivity contribution is 5.98. The molecule has 0 spiro atoms. The molecule has 1 aliphatic rings. The first-order valence-electron chi connectivity index (χ1n) is 6.49. The van der Waals surface area contributed by atoms with Crippen molar-refractivity contribution in [1.29, 1.82) is 0 Å². The van der Waals surface area contributed by atoms with E-state index in [-0.39, 0.29) is 5.91 Å². The third kappa shape index (κ3) is 3.01. The van der Waals surface area contributed by atoms with E-state index in [0.29, 0.717) is 11.5 Å². The molecule has 2 rings (SSSR count). The van der Waals surface area contributed by atoms with Crippen molar-refractivity contribution in [3.8, 4) is 0 Å². The summed E-state index contributed by atoms with van der Waals surface area (Å²) in [7, 11) is 2.02. The minimum Gasteiger partial charge on any atom is -0.374 e. The molecule has 18 heavy (non-hydrogen) atoms. The molecule has 1 unspecified atom stereocenters. The van der Waals surface area contributed by atoms with Gasteiger partial charge in [0.1, 0.15) is 0 Å². The maximum absolute atomic E-state index is 11.4. The Labute approximate surface area is 108 Å². The number of anilines is 1.